The lowest BCUT2D eigenvalue weighted by molar-refractivity contribution is -0.116. The van der Waals surface area contributed by atoms with Crippen molar-refractivity contribution >= 4 is 23.2 Å². The Morgan fingerprint density at radius 1 is 1.19 bits per heavy atom. The lowest BCUT2D eigenvalue weighted by atomic mass is 9.95. The average molecular weight is 391 g/mol. The van der Waals surface area contributed by atoms with Gasteiger partial charge >= 0.3 is 0 Å². The number of benzene rings is 2. The molecule has 0 saturated carbocycles. The van der Waals surface area contributed by atoms with Gasteiger partial charge in [-0.15, -0.1) is 0 Å². The van der Waals surface area contributed by atoms with Crippen LogP contribution in [-0.2, 0) is 11.3 Å². The quantitative estimate of drug-likeness (QED) is 0.792. The van der Waals surface area contributed by atoms with Crippen molar-refractivity contribution in [2.24, 2.45) is 0 Å². The van der Waals surface area contributed by atoms with Crippen molar-refractivity contribution in [3.63, 3.8) is 0 Å². The summed E-state index contributed by atoms with van der Waals surface area (Å²) >= 11 is 5.85. The van der Waals surface area contributed by atoms with E-state index >= 15 is 0 Å². The van der Waals surface area contributed by atoms with Gasteiger partial charge in [0.25, 0.3) is 0 Å². The van der Waals surface area contributed by atoms with Gasteiger partial charge in [-0.05, 0) is 36.4 Å². The number of hydrogen-bond acceptors (Lipinski definition) is 5. The summed E-state index contributed by atoms with van der Waals surface area (Å²) in [5.41, 5.74) is 2.37. The van der Waals surface area contributed by atoms with Gasteiger partial charge in [-0.2, -0.15) is 0 Å². The van der Waals surface area contributed by atoms with Crippen LogP contribution in [0.2, 0.25) is 5.02 Å². The Labute approximate surface area is 163 Å². The van der Waals surface area contributed by atoms with E-state index in [1.165, 1.54) is 0 Å². The third kappa shape index (κ3) is 4.53. The summed E-state index contributed by atoms with van der Waals surface area (Å²) in [7, 11) is 3.19. The fourth-order valence-electron chi connectivity index (χ4n) is 3.33. The maximum atomic E-state index is 12.2. The number of nitrogens with zero attached hydrogens (tertiary/aromatic N) is 1. The number of amides is 1. The van der Waals surface area contributed by atoms with Gasteiger partial charge in [-0.1, -0.05) is 11.6 Å². The number of ether oxygens (including phenoxy) is 2. The van der Waals surface area contributed by atoms with Gasteiger partial charge in [0.15, 0.2) is 0 Å². The highest BCUT2D eigenvalue weighted by atomic mass is 35.5. The molecule has 144 valence electrons. The highest BCUT2D eigenvalue weighted by Gasteiger charge is 2.29. The van der Waals surface area contributed by atoms with E-state index in [0.29, 0.717) is 48.3 Å². The van der Waals surface area contributed by atoms with E-state index < -0.39 is 6.10 Å². The van der Waals surface area contributed by atoms with E-state index in [2.05, 4.69) is 5.32 Å². The number of methoxy groups -OCH3 is 2. The van der Waals surface area contributed by atoms with Crippen LogP contribution in [0.3, 0.4) is 0 Å². The van der Waals surface area contributed by atoms with Gasteiger partial charge in [0.2, 0.25) is 5.91 Å². The van der Waals surface area contributed by atoms with E-state index in [0.717, 1.165) is 11.1 Å². The summed E-state index contributed by atoms with van der Waals surface area (Å²) in [6.45, 7) is 1.54. The molecule has 0 bridgehead atoms. The van der Waals surface area contributed by atoms with E-state index in [4.69, 9.17) is 21.1 Å². The molecule has 1 atom stereocenters. The normalized spacial score (nSPS) is 16.5. The largest absolute Gasteiger partial charge is 0.496 e. The van der Waals surface area contributed by atoms with E-state index in [1.54, 1.807) is 44.6 Å². The second kappa shape index (κ2) is 8.61. The summed E-state index contributed by atoms with van der Waals surface area (Å²) in [5, 5.41) is 14.1. The Morgan fingerprint density at radius 2 is 1.85 bits per heavy atom. The van der Waals surface area contributed by atoms with E-state index in [-0.39, 0.29) is 5.91 Å². The Morgan fingerprint density at radius 3 is 2.52 bits per heavy atom. The lowest BCUT2D eigenvalue weighted by Gasteiger charge is -2.33. The maximum absolute atomic E-state index is 12.2. The van der Waals surface area contributed by atoms with Crippen molar-refractivity contribution in [1.29, 1.82) is 0 Å². The molecular weight excluding hydrogens is 368 g/mol. The van der Waals surface area contributed by atoms with Crippen molar-refractivity contribution < 1.29 is 19.4 Å². The molecule has 1 amide bonds. The molecule has 6 nitrogen and oxygen atoms in total. The first kappa shape index (κ1) is 19.5. The van der Waals surface area contributed by atoms with E-state index in [9.17, 15) is 9.90 Å². The van der Waals surface area contributed by atoms with Crippen LogP contribution in [-0.4, -0.2) is 43.2 Å². The van der Waals surface area contributed by atoms with Crippen LogP contribution in [0.4, 0.5) is 5.69 Å². The first-order valence-corrected chi connectivity index (χ1v) is 9.09. The first-order valence-electron chi connectivity index (χ1n) is 8.71. The van der Waals surface area contributed by atoms with Crippen molar-refractivity contribution in [1.82, 2.24) is 4.90 Å². The third-order valence-electron chi connectivity index (χ3n) is 4.64. The summed E-state index contributed by atoms with van der Waals surface area (Å²) in [4.78, 5) is 14.3. The molecule has 2 N–H and O–H groups in total. The number of nitrogens with one attached hydrogen (secondary N) is 1. The lowest BCUT2D eigenvalue weighted by Crippen LogP contribution is -2.36. The molecule has 1 unspecified atom stereocenters. The minimum Gasteiger partial charge on any atom is -0.496 e. The van der Waals surface area contributed by atoms with Crippen LogP contribution in [0.25, 0.3) is 0 Å². The van der Waals surface area contributed by atoms with Crippen LogP contribution in [0.1, 0.15) is 23.7 Å². The summed E-state index contributed by atoms with van der Waals surface area (Å²) in [6, 6.07) is 10.6. The molecule has 0 aliphatic carbocycles. The second-order valence-corrected chi connectivity index (χ2v) is 6.85. The van der Waals surface area contributed by atoms with Crippen LogP contribution in [0, 0.1) is 0 Å². The number of rotatable bonds is 6. The predicted octanol–water partition coefficient (Wildman–Crippen LogP) is 3.24. The first-order chi connectivity index (χ1) is 13.0. The van der Waals surface area contributed by atoms with Gasteiger partial charge < -0.3 is 19.9 Å². The van der Waals surface area contributed by atoms with Crippen molar-refractivity contribution in [3.8, 4) is 11.5 Å². The van der Waals surface area contributed by atoms with Gasteiger partial charge in [-0.3, -0.25) is 9.69 Å². The standard InChI is InChI=1S/C20H23ClN2O4/c1-26-17-7-8-18(27-2)20-15(17)11-23(12-16(20)24)10-9-19(25)22-14-5-3-13(21)4-6-14/h3-8,16,24H,9-12H2,1-2H3,(H,22,25). The molecule has 3 rings (SSSR count). The van der Waals surface area contributed by atoms with Crippen LogP contribution >= 0.6 is 11.6 Å². The molecule has 27 heavy (non-hydrogen) atoms. The van der Waals surface area contributed by atoms with Crippen molar-refractivity contribution in [2.45, 2.75) is 19.1 Å². The Hall–Kier alpha value is -2.28. The van der Waals surface area contributed by atoms with Gasteiger partial charge in [0.05, 0.1) is 20.3 Å². The Kier molecular flexibility index (Phi) is 6.21. The zero-order valence-electron chi connectivity index (χ0n) is 15.4. The Balaban J connectivity index is 1.64. The number of anilines is 1. The molecule has 0 radical (unpaired) electrons. The van der Waals surface area contributed by atoms with Gasteiger partial charge in [0.1, 0.15) is 11.5 Å². The number of hydrogen-bond donors (Lipinski definition) is 2. The zero-order chi connectivity index (χ0) is 19.4. The van der Waals surface area contributed by atoms with Crippen molar-refractivity contribution in [2.75, 3.05) is 32.6 Å². The number of aliphatic hydroxyl groups excluding tert-OH is 1. The van der Waals surface area contributed by atoms with Crippen LogP contribution in [0.5, 0.6) is 11.5 Å². The molecule has 0 spiro atoms. The molecule has 2 aromatic carbocycles. The summed E-state index contributed by atoms with van der Waals surface area (Å²) in [6.07, 6.45) is -0.380. The topological polar surface area (TPSA) is 71.0 Å². The Bertz CT molecular complexity index is 810. The van der Waals surface area contributed by atoms with E-state index in [1.807, 2.05) is 11.0 Å². The number of carbonyl (C=O) groups excluding carboxylic acids is 1. The fraction of sp³-hybridized carbons (Fsp3) is 0.350. The minimum atomic E-state index is -0.696. The molecule has 1 aliphatic rings. The molecule has 1 heterocycles. The smallest absolute Gasteiger partial charge is 0.225 e. The van der Waals surface area contributed by atoms with Gasteiger partial charge in [-0.25, -0.2) is 0 Å². The van der Waals surface area contributed by atoms with Gasteiger partial charge in [0, 0.05) is 47.9 Å². The number of fused-ring (bicyclic) bond motifs is 1. The SMILES string of the molecule is COc1ccc(OC)c2c1CN(CCC(=O)Nc1ccc(Cl)cc1)CC2O. The van der Waals surface area contributed by atoms with Crippen LogP contribution in [0.15, 0.2) is 36.4 Å². The number of β-amino-alcohol motifs (C(OH)–C–C–N with tert-alkyl or cyclic N) is 1. The monoisotopic (exact) mass is 390 g/mol. The molecule has 7 heteroatoms. The predicted molar refractivity (Wildman–Crippen MR) is 104 cm³/mol. The molecule has 0 aromatic heterocycles. The highest BCUT2D eigenvalue weighted by Crippen LogP contribution is 2.39. The molecule has 0 fully saturated rings. The molecule has 0 saturated heterocycles. The third-order valence-corrected chi connectivity index (χ3v) is 4.90. The molecule has 2 aromatic rings. The molecule has 1 aliphatic heterocycles. The number of halogens is 1. The summed E-state index contributed by atoms with van der Waals surface area (Å²) < 4.78 is 10.8. The highest BCUT2D eigenvalue weighted by molar-refractivity contribution is 6.30. The maximum Gasteiger partial charge on any atom is 0.225 e. The van der Waals surface area contributed by atoms with Crippen molar-refractivity contribution in [3.05, 3.63) is 52.5 Å². The average Bonchev–Trinajstić information content (AvgIpc) is 2.67. The number of aliphatic hydroxyl groups is 1. The fourth-order valence-corrected chi connectivity index (χ4v) is 3.46. The second-order valence-electron chi connectivity index (χ2n) is 6.42. The zero-order valence-corrected chi connectivity index (χ0v) is 16.1. The number of carbonyl (C=O) groups is 1. The minimum absolute atomic E-state index is 0.0878. The molecular formula is C20H23ClN2O4. The van der Waals surface area contributed by atoms with Crippen LogP contribution < -0.4 is 14.8 Å². The summed E-state index contributed by atoms with van der Waals surface area (Å²) in [5.74, 6) is 1.27.